The molecule has 0 aromatic heterocycles. The second-order valence-electron chi connectivity index (χ2n) is 4.66. The minimum Gasteiger partial charge on any atom is -0.465 e. The molecule has 0 spiro atoms. The summed E-state index contributed by atoms with van der Waals surface area (Å²) < 4.78 is 4.65. The van der Waals surface area contributed by atoms with E-state index in [2.05, 4.69) is 30.9 Å². The minimum absolute atomic E-state index is 0.310. The van der Waals surface area contributed by atoms with E-state index < -0.39 is 0 Å². The monoisotopic (exact) mass is 262 g/mol. The molecule has 0 unspecified atom stereocenters. The molecule has 0 bridgehead atoms. The van der Waals surface area contributed by atoms with Crippen LogP contribution in [0.4, 0.5) is 0 Å². The lowest BCUT2D eigenvalue weighted by Gasteiger charge is -2.01. The van der Waals surface area contributed by atoms with Gasteiger partial charge in [-0.2, -0.15) is 0 Å². The Kier molecular flexibility index (Phi) is 9.51. The van der Waals surface area contributed by atoms with E-state index in [0.29, 0.717) is 5.57 Å². The molecule has 0 aliphatic heterocycles. The SMILES string of the molecule is C=C/C(=C/CCCCC/C=C(\C)C(=C)C)C(=O)OC. The average molecular weight is 262 g/mol. The molecule has 0 aliphatic rings. The Morgan fingerprint density at radius 2 is 1.68 bits per heavy atom. The average Bonchev–Trinajstić information content (AvgIpc) is 2.40. The van der Waals surface area contributed by atoms with Crippen molar-refractivity contribution in [2.45, 2.75) is 46.0 Å². The fourth-order valence-corrected chi connectivity index (χ4v) is 1.58. The van der Waals surface area contributed by atoms with Gasteiger partial charge in [0.1, 0.15) is 0 Å². The molecule has 0 N–H and O–H groups in total. The van der Waals surface area contributed by atoms with Crippen molar-refractivity contribution in [2.75, 3.05) is 7.11 Å². The van der Waals surface area contributed by atoms with Gasteiger partial charge in [0.25, 0.3) is 0 Å². The maximum atomic E-state index is 11.3. The maximum Gasteiger partial charge on any atom is 0.337 e. The predicted octanol–water partition coefficient (Wildman–Crippen LogP) is 4.74. The second kappa shape index (κ2) is 10.4. The second-order valence-corrected chi connectivity index (χ2v) is 4.66. The molecule has 0 aromatic rings. The Morgan fingerprint density at radius 1 is 1.11 bits per heavy atom. The zero-order valence-corrected chi connectivity index (χ0v) is 12.5. The van der Waals surface area contributed by atoms with Gasteiger partial charge in [-0.15, -0.1) is 0 Å². The van der Waals surface area contributed by atoms with Crippen molar-refractivity contribution in [3.8, 4) is 0 Å². The summed E-state index contributed by atoms with van der Waals surface area (Å²) in [6.45, 7) is 11.6. The van der Waals surface area contributed by atoms with E-state index in [1.165, 1.54) is 19.1 Å². The molecule has 0 heterocycles. The van der Waals surface area contributed by atoms with Crippen molar-refractivity contribution in [3.63, 3.8) is 0 Å². The van der Waals surface area contributed by atoms with Crippen LogP contribution in [0.5, 0.6) is 0 Å². The normalized spacial score (nSPS) is 12.2. The lowest BCUT2D eigenvalue weighted by molar-refractivity contribution is -0.135. The Labute approximate surface area is 117 Å². The van der Waals surface area contributed by atoms with Gasteiger partial charge < -0.3 is 4.74 Å². The quantitative estimate of drug-likeness (QED) is 0.259. The van der Waals surface area contributed by atoms with Crippen LogP contribution in [0, 0.1) is 0 Å². The van der Waals surface area contributed by atoms with E-state index in [9.17, 15) is 4.79 Å². The summed E-state index contributed by atoms with van der Waals surface area (Å²) >= 11 is 0. The highest BCUT2D eigenvalue weighted by Gasteiger charge is 2.03. The standard InChI is InChI=1S/C17H26O2/c1-6-16(17(18)19-5)13-11-9-7-8-10-12-15(4)14(2)3/h6,12-13H,1-2,7-11H2,3-5H3/b15-12+,16-13-. The molecule has 0 amide bonds. The highest BCUT2D eigenvalue weighted by Crippen LogP contribution is 2.11. The van der Waals surface area contributed by atoms with Crippen LogP contribution in [0.2, 0.25) is 0 Å². The van der Waals surface area contributed by atoms with Crippen molar-refractivity contribution in [3.05, 3.63) is 48.1 Å². The Bertz CT molecular complexity index is 373. The van der Waals surface area contributed by atoms with Crippen LogP contribution in [0.25, 0.3) is 0 Å². The number of hydrogen-bond acceptors (Lipinski definition) is 2. The number of allylic oxidation sites excluding steroid dienone is 4. The highest BCUT2D eigenvalue weighted by atomic mass is 16.5. The number of hydrogen-bond donors (Lipinski definition) is 0. The van der Waals surface area contributed by atoms with Crippen molar-refractivity contribution in [1.29, 1.82) is 0 Å². The summed E-state index contributed by atoms with van der Waals surface area (Å²) in [5.74, 6) is -0.310. The van der Waals surface area contributed by atoms with E-state index in [-0.39, 0.29) is 5.97 Å². The zero-order valence-electron chi connectivity index (χ0n) is 12.5. The molecule has 0 saturated carbocycles. The van der Waals surface area contributed by atoms with E-state index >= 15 is 0 Å². The number of ether oxygens (including phenoxy) is 1. The fourth-order valence-electron chi connectivity index (χ4n) is 1.58. The summed E-state index contributed by atoms with van der Waals surface area (Å²) in [7, 11) is 1.38. The molecule has 0 aliphatic carbocycles. The maximum absolute atomic E-state index is 11.3. The number of unbranched alkanes of at least 4 members (excludes halogenated alkanes) is 4. The highest BCUT2D eigenvalue weighted by molar-refractivity contribution is 5.91. The molecule has 0 fully saturated rings. The van der Waals surface area contributed by atoms with Gasteiger partial charge in [0.2, 0.25) is 0 Å². The Balaban J connectivity index is 3.84. The first-order valence-corrected chi connectivity index (χ1v) is 6.76. The number of methoxy groups -OCH3 is 1. The van der Waals surface area contributed by atoms with Crippen LogP contribution in [-0.2, 0) is 9.53 Å². The molecule has 0 atom stereocenters. The molecular formula is C17H26O2. The summed E-state index contributed by atoms with van der Waals surface area (Å²) in [6.07, 6.45) is 11.1. The van der Waals surface area contributed by atoms with Gasteiger partial charge in [-0.1, -0.05) is 49.0 Å². The van der Waals surface area contributed by atoms with Crippen LogP contribution in [0.1, 0.15) is 46.0 Å². The first-order chi connectivity index (χ1) is 9.02. The molecule has 2 heteroatoms. The number of rotatable bonds is 9. The number of carbonyl (C=O) groups is 1. The molecule has 2 nitrogen and oxygen atoms in total. The minimum atomic E-state index is -0.310. The van der Waals surface area contributed by atoms with Crippen LogP contribution >= 0.6 is 0 Å². The lowest BCUT2D eigenvalue weighted by Crippen LogP contribution is -2.02. The van der Waals surface area contributed by atoms with Gasteiger partial charge in [-0.25, -0.2) is 4.79 Å². The molecular weight excluding hydrogens is 236 g/mol. The van der Waals surface area contributed by atoms with Crippen LogP contribution in [-0.4, -0.2) is 13.1 Å². The van der Waals surface area contributed by atoms with E-state index in [1.54, 1.807) is 6.08 Å². The first-order valence-electron chi connectivity index (χ1n) is 6.76. The van der Waals surface area contributed by atoms with Crippen LogP contribution in [0.15, 0.2) is 48.1 Å². The molecule has 106 valence electrons. The fraction of sp³-hybridized carbons (Fsp3) is 0.471. The van der Waals surface area contributed by atoms with E-state index in [1.807, 2.05) is 13.0 Å². The molecule has 0 saturated heterocycles. The number of carbonyl (C=O) groups excluding carboxylic acids is 1. The zero-order chi connectivity index (χ0) is 14.7. The van der Waals surface area contributed by atoms with E-state index in [4.69, 9.17) is 0 Å². The summed E-state index contributed by atoms with van der Waals surface area (Å²) in [5, 5.41) is 0. The molecule has 0 rings (SSSR count). The summed E-state index contributed by atoms with van der Waals surface area (Å²) in [5.41, 5.74) is 2.97. The largest absolute Gasteiger partial charge is 0.465 e. The topological polar surface area (TPSA) is 26.3 Å². The van der Waals surface area contributed by atoms with Crippen LogP contribution in [0.3, 0.4) is 0 Å². The van der Waals surface area contributed by atoms with Crippen molar-refractivity contribution >= 4 is 5.97 Å². The lowest BCUT2D eigenvalue weighted by atomic mass is 10.1. The Morgan fingerprint density at radius 3 is 2.16 bits per heavy atom. The van der Waals surface area contributed by atoms with Crippen molar-refractivity contribution in [2.24, 2.45) is 0 Å². The number of esters is 1. The smallest absolute Gasteiger partial charge is 0.337 e. The third-order valence-corrected chi connectivity index (χ3v) is 3.04. The van der Waals surface area contributed by atoms with Gasteiger partial charge in [-0.3, -0.25) is 0 Å². The van der Waals surface area contributed by atoms with E-state index in [0.717, 1.165) is 31.3 Å². The molecule has 0 aromatic carbocycles. The van der Waals surface area contributed by atoms with Gasteiger partial charge in [0, 0.05) is 0 Å². The third-order valence-electron chi connectivity index (χ3n) is 3.04. The van der Waals surface area contributed by atoms with Crippen molar-refractivity contribution < 1.29 is 9.53 Å². The first kappa shape index (κ1) is 17.4. The van der Waals surface area contributed by atoms with Gasteiger partial charge >= 0.3 is 5.97 Å². The van der Waals surface area contributed by atoms with Crippen molar-refractivity contribution in [1.82, 2.24) is 0 Å². The van der Waals surface area contributed by atoms with Gasteiger partial charge in [0.05, 0.1) is 12.7 Å². The Hall–Kier alpha value is -1.57. The van der Waals surface area contributed by atoms with Gasteiger partial charge in [0.15, 0.2) is 0 Å². The summed E-state index contributed by atoms with van der Waals surface area (Å²) in [4.78, 5) is 11.3. The third kappa shape index (κ3) is 8.20. The van der Waals surface area contributed by atoms with Crippen LogP contribution < -0.4 is 0 Å². The molecule has 0 radical (unpaired) electrons. The molecule has 19 heavy (non-hydrogen) atoms. The van der Waals surface area contributed by atoms with Gasteiger partial charge in [-0.05, 0) is 39.5 Å². The predicted molar refractivity (Wildman–Crippen MR) is 82.0 cm³/mol. The summed E-state index contributed by atoms with van der Waals surface area (Å²) in [6, 6.07) is 0.